The number of aliphatic hydroxyl groups is 1. The monoisotopic (exact) mass is 299 g/mol. The second kappa shape index (κ2) is 8.57. The van der Waals surface area contributed by atoms with Crippen molar-refractivity contribution in [2.24, 2.45) is 0 Å². The van der Waals surface area contributed by atoms with E-state index in [1.807, 2.05) is 24.3 Å². The summed E-state index contributed by atoms with van der Waals surface area (Å²) in [7, 11) is 0. The third-order valence-corrected chi connectivity index (χ3v) is 3.86. The minimum Gasteiger partial charge on any atom is -0.489 e. The number of hydrogen-bond acceptors (Lipinski definition) is 3. The van der Waals surface area contributed by atoms with E-state index in [2.05, 4.69) is 43.4 Å². The van der Waals surface area contributed by atoms with Crippen molar-refractivity contribution in [3.63, 3.8) is 0 Å². The Morgan fingerprint density at radius 3 is 2.68 bits per heavy atom. The summed E-state index contributed by atoms with van der Waals surface area (Å²) < 4.78 is 5.90. The fourth-order valence-corrected chi connectivity index (χ4v) is 2.28. The van der Waals surface area contributed by atoms with Crippen molar-refractivity contribution in [3.8, 4) is 5.75 Å². The van der Waals surface area contributed by atoms with Crippen molar-refractivity contribution in [1.82, 2.24) is 5.32 Å². The van der Waals surface area contributed by atoms with Gasteiger partial charge in [0.2, 0.25) is 0 Å². The van der Waals surface area contributed by atoms with Gasteiger partial charge in [0.25, 0.3) is 0 Å². The van der Waals surface area contributed by atoms with Crippen molar-refractivity contribution in [3.05, 3.63) is 65.2 Å². The third kappa shape index (κ3) is 4.86. The molecular formula is C19H25NO2. The molecule has 0 saturated heterocycles. The minimum atomic E-state index is 0.150. The van der Waals surface area contributed by atoms with Crippen LogP contribution in [0.5, 0.6) is 5.75 Å². The van der Waals surface area contributed by atoms with E-state index in [9.17, 15) is 5.11 Å². The first-order valence-corrected chi connectivity index (χ1v) is 7.83. The van der Waals surface area contributed by atoms with Crippen LogP contribution in [-0.2, 0) is 13.2 Å². The molecule has 2 aromatic carbocycles. The summed E-state index contributed by atoms with van der Waals surface area (Å²) in [5.41, 5.74) is 3.61. The number of aliphatic hydroxyl groups excluding tert-OH is 1. The van der Waals surface area contributed by atoms with E-state index in [0.717, 1.165) is 24.3 Å². The van der Waals surface area contributed by atoms with Crippen LogP contribution < -0.4 is 10.1 Å². The van der Waals surface area contributed by atoms with Gasteiger partial charge in [0.05, 0.1) is 6.61 Å². The summed E-state index contributed by atoms with van der Waals surface area (Å²) in [4.78, 5) is 0. The van der Waals surface area contributed by atoms with Crippen LogP contribution in [0.25, 0.3) is 0 Å². The number of aryl methyl sites for hydroxylation is 1. The maximum Gasteiger partial charge on any atom is 0.120 e. The highest BCUT2D eigenvalue weighted by molar-refractivity contribution is 5.30. The molecule has 1 atom stereocenters. The molecule has 3 nitrogen and oxygen atoms in total. The molecule has 0 unspecified atom stereocenters. The molecular weight excluding hydrogens is 274 g/mol. The average Bonchev–Trinajstić information content (AvgIpc) is 2.55. The van der Waals surface area contributed by atoms with E-state index in [-0.39, 0.29) is 12.6 Å². The van der Waals surface area contributed by atoms with Crippen molar-refractivity contribution in [1.29, 1.82) is 0 Å². The van der Waals surface area contributed by atoms with Crippen LogP contribution in [-0.4, -0.2) is 17.8 Å². The number of rotatable bonds is 8. The topological polar surface area (TPSA) is 41.5 Å². The molecule has 118 valence electrons. The van der Waals surface area contributed by atoms with Crippen LogP contribution in [0, 0.1) is 6.92 Å². The van der Waals surface area contributed by atoms with Gasteiger partial charge in [-0.05, 0) is 42.2 Å². The second-order valence-electron chi connectivity index (χ2n) is 5.53. The Kier molecular flexibility index (Phi) is 6.44. The molecule has 0 radical (unpaired) electrons. The SMILES string of the molecule is CC[C@H](CO)NCc1cccc(OCc2ccccc2C)c1. The van der Waals surface area contributed by atoms with E-state index in [1.54, 1.807) is 0 Å². The van der Waals surface area contributed by atoms with Gasteiger partial charge in [-0.2, -0.15) is 0 Å². The van der Waals surface area contributed by atoms with Crippen LogP contribution in [0.3, 0.4) is 0 Å². The first kappa shape index (κ1) is 16.5. The Bertz CT molecular complexity index is 579. The van der Waals surface area contributed by atoms with Crippen LogP contribution in [0.15, 0.2) is 48.5 Å². The Balaban J connectivity index is 1.92. The molecule has 0 spiro atoms. The summed E-state index contributed by atoms with van der Waals surface area (Å²) in [6.07, 6.45) is 0.917. The lowest BCUT2D eigenvalue weighted by molar-refractivity contribution is 0.238. The van der Waals surface area contributed by atoms with Crippen LogP contribution in [0.2, 0.25) is 0 Å². The molecule has 0 bridgehead atoms. The molecule has 0 heterocycles. The van der Waals surface area contributed by atoms with Crippen molar-refractivity contribution in [2.75, 3.05) is 6.61 Å². The Morgan fingerprint density at radius 2 is 1.95 bits per heavy atom. The molecule has 2 N–H and O–H groups in total. The number of benzene rings is 2. The zero-order valence-corrected chi connectivity index (χ0v) is 13.4. The summed E-state index contributed by atoms with van der Waals surface area (Å²) in [5.74, 6) is 0.875. The Morgan fingerprint density at radius 1 is 1.14 bits per heavy atom. The number of nitrogens with one attached hydrogen (secondary N) is 1. The molecule has 22 heavy (non-hydrogen) atoms. The molecule has 0 aliphatic rings. The highest BCUT2D eigenvalue weighted by Crippen LogP contribution is 2.16. The normalized spacial score (nSPS) is 12.1. The zero-order valence-electron chi connectivity index (χ0n) is 13.4. The van der Waals surface area contributed by atoms with Crippen LogP contribution in [0.1, 0.15) is 30.0 Å². The smallest absolute Gasteiger partial charge is 0.120 e. The average molecular weight is 299 g/mol. The largest absolute Gasteiger partial charge is 0.489 e. The van der Waals surface area contributed by atoms with Crippen molar-refractivity contribution >= 4 is 0 Å². The Hall–Kier alpha value is -1.84. The van der Waals surface area contributed by atoms with Gasteiger partial charge in [0.1, 0.15) is 12.4 Å². The molecule has 0 aromatic heterocycles. The quantitative estimate of drug-likeness (QED) is 0.784. The summed E-state index contributed by atoms with van der Waals surface area (Å²) in [6, 6.07) is 16.5. The van der Waals surface area contributed by atoms with Gasteiger partial charge < -0.3 is 15.2 Å². The first-order valence-electron chi connectivity index (χ1n) is 7.83. The van der Waals surface area contributed by atoms with E-state index < -0.39 is 0 Å². The van der Waals surface area contributed by atoms with Crippen molar-refractivity contribution in [2.45, 2.75) is 39.5 Å². The van der Waals surface area contributed by atoms with E-state index >= 15 is 0 Å². The lowest BCUT2D eigenvalue weighted by Gasteiger charge is -2.14. The molecule has 2 rings (SSSR count). The minimum absolute atomic E-state index is 0.150. The van der Waals surface area contributed by atoms with E-state index in [4.69, 9.17) is 4.74 Å². The zero-order chi connectivity index (χ0) is 15.8. The summed E-state index contributed by atoms with van der Waals surface area (Å²) in [6.45, 7) is 5.65. The predicted molar refractivity (Wildman–Crippen MR) is 90.0 cm³/mol. The molecule has 2 aromatic rings. The van der Waals surface area contributed by atoms with Gasteiger partial charge in [-0.15, -0.1) is 0 Å². The van der Waals surface area contributed by atoms with Gasteiger partial charge in [0, 0.05) is 12.6 Å². The standard InChI is InChI=1S/C19H25NO2/c1-3-18(13-21)20-12-16-8-6-10-19(11-16)22-14-17-9-5-4-7-15(17)2/h4-11,18,20-21H,3,12-14H2,1-2H3/t18-/m1/s1. The molecule has 0 aliphatic heterocycles. The maximum atomic E-state index is 9.21. The first-order chi connectivity index (χ1) is 10.7. The Labute approximate surface area is 133 Å². The third-order valence-electron chi connectivity index (χ3n) is 3.86. The molecule has 3 heteroatoms. The van der Waals surface area contributed by atoms with Gasteiger partial charge in [-0.3, -0.25) is 0 Å². The summed E-state index contributed by atoms with van der Waals surface area (Å²) in [5, 5.41) is 12.5. The number of hydrogen-bond donors (Lipinski definition) is 2. The van der Waals surface area contributed by atoms with Gasteiger partial charge in [-0.25, -0.2) is 0 Å². The van der Waals surface area contributed by atoms with Crippen molar-refractivity contribution < 1.29 is 9.84 Å². The van der Waals surface area contributed by atoms with Gasteiger partial charge >= 0.3 is 0 Å². The summed E-state index contributed by atoms with van der Waals surface area (Å²) >= 11 is 0. The molecule has 0 saturated carbocycles. The second-order valence-corrected chi connectivity index (χ2v) is 5.53. The molecule has 0 amide bonds. The lowest BCUT2D eigenvalue weighted by Crippen LogP contribution is -2.31. The predicted octanol–water partition coefficient (Wildman–Crippen LogP) is 3.43. The van der Waals surface area contributed by atoms with Crippen LogP contribution >= 0.6 is 0 Å². The fourth-order valence-electron chi connectivity index (χ4n) is 2.28. The highest BCUT2D eigenvalue weighted by Gasteiger charge is 2.04. The van der Waals surface area contributed by atoms with E-state index in [0.29, 0.717) is 6.61 Å². The highest BCUT2D eigenvalue weighted by atomic mass is 16.5. The van der Waals surface area contributed by atoms with Gasteiger partial charge in [-0.1, -0.05) is 43.3 Å². The molecule has 0 fully saturated rings. The van der Waals surface area contributed by atoms with E-state index in [1.165, 1.54) is 11.1 Å². The fraction of sp³-hybridized carbons (Fsp3) is 0.368. The maximum absolute atomic E-state index is 9.21. The molecule has 0 aliphatic carbocycles. The van der Waals surface area contributed by atoms with Gasteiger partial charge in [0.15, 0.2) is 0 Å². The number of ether oxygens (including phenoxy) is 1. The lowest BCUT2D eigenvalue weighted by atomic mass is 10.1. The van der Waals surface area contributed by atoms with Crippen LogP contribution in [0.4, 0.5) is 0 Å².